The molecule has 0 aliphatic rings. The second kappa shape index (κ2) is 5.91. The predicted octanol–water partition coefficient (Wildman–Crippen LogP) is 4.00. The fraction of sp³-hybridized carbons (Fsp3) is 0.278. The van der Waals surface area contributed by atoms with Gasteiger partial charge < -0.3 is 5.32 Å². The second-order valence-electron chi connectivity index (χ2n) is 5.67. The van der Waals surface area contributed by atoms with Gasteiger partial charge in [-0.25, -0.2) is 0 Å². The van der Waals surface area contributed by atoms with Gasteiger partial charge >= 0.3 is 0 Å². The Balaban J connectivity index is 2.13. The lowest BCUT2D eigenvalue weighted by atomic mass is 9.83. The maximum atomic E-state index is 12.3. The van der Waals surface area contributed by atoms with E-state index in [1.807, 2.05) is 48.5 Å². The van der Waals surface area contributed by atoms with Gasteiger partial charge in [0.2, 0.25) is 0 Å². The lowest BCUT2D eigenvalue weighted by Gasteiger charge is -2.33. The molecule has 0 saturated carbocycles. The molecule has 1 N–H and O–H groups in total. The summed E-state index contributed by atoms with van der Waals surface area (Å²) in [6, 6.07) is 19.6. The molecule has 2 heteroatoms. The van der Waals surface area contributed by atoms with Gasteiger partial charge in [-0.2, -0.15) is 0 Å². The fourth-order valence-electron chi connectivity index (χ4n) is 2.22. The average Bonchev–Trinajstić information content (AvgIpc) is 2.48. The number of hydrogen-bond donors (Lipinski definition) is 1. The van der Waals surface area contributed by atoms with Gasteiger partial charge in [0.1, 0.15) is 0 Å². The van der Waals surface area contributed by atoms with Crippen LogP contribution in [-0.2, 0) is 0 Å². The van der Waals surface area contributed by atoms with E-state index < -0.39 is 0 Å². The van der Waals surface area contributed by atoms with Gasteiger partial charge in [-0.05, 0) is 31.5 Å². The first kappa shape index (κ1) is 14.3. The Kier molecular flexibility index (Phi) is 4.23. The predicted molar refractivity (Wildman–Crippen MR) is 82.8 cm³/mol. The quantitative estimate of drug-likeness (QED) is 0.891. The van der Waals surface area contributed by atoms with Gasteiger partial charge in [-0.3, -0.25) is 4.79 Å². The van der Waals surface area contributed by atoms with Crippen molar-refractivity contribution < 1.29 is 4.79 Å². The molecule has 1 amide bonds. The number of rotatable bonds is 4. The first-order valence-corrected chi connectivity index (χ1v) is 6.93. The van der Waals surface area contributed by atoms with Crippen LogP contribution in [0.5, 0.6) is 0 Å². The highest BCUT2D eigenvalue weighted by Gasteiger charge is 2.28. The zero-order chi connectivity index (χ0) is 14.6. The molecule has 0 aliphatic carbocycles. The lowest BCUT2D eigenvalue weighted by Crippen LogP contribution is -2.47. The van der Waals surface area contributed by atoms with Gasteiger partial charge in [-0.15, -0.1) is 0 Å². The van der Waals surface area contributed by atoms with E-state index in [4.69, 9.17) is 0 Å². The maximum Gasteiger partial charge on any atom is 0.251 e. The van der Waals surface area contributed by atoms with Crippen LogP contribution in [0, 0.1) is 0 Å². The van der Waals surface area contributed by atoms with Gasteiger partial charge in [-0.1, -0.05) is 55.5 Å². The zero-order valence-electron chi connectivity index (χ0n) is 12.3. The Morgan fingerprint density at radius 2 is 1.45 bits per heavy atom. The van der Waals surface area contributed by atoms with Crippen molar-refractivity contribution >= 4 is 5.91 Å². The van der Waals surface area contributed by atoms with Crippen LogP contribution in [-0.4, -0.2) is 11.4 Å². The maximum absolute atomic E-state index is 12.3. The van der Waals surface area contributed by atoms with Crippen LogP contribution in [0.4, 0.5) is 0 Å². The Labute approximate surface area is 120 Å². The van der Waals surface area contributed by atoms with Crippen molar-refractivity contribution in [1.82, 2.24) is 5.32 Å². The third-order valence-corrected chi connectivity index (χ3v) is 3.85. The zero-order valence-corrected chi connectivity index (χ0v) is 12.3. The molecule has 0 fully saturated rings. The summed E-state index contributed by atoms with van der Waals surface area (Å²) in [5.41, 5.74) is 1.61. The van der Waals surface area contributed by atoms with E-state index in [1.165, 1.54) is 5.56 Å². The van der Waals surface area contributed by atoms with Crippen molar-refractivity contribution in [2.24, 2.45) is 0 Å². The Morgan fingerprint density at radius 1 is 0.950 bits per heavy atom. The summed E-state index contributed by atoms with van der Waals surface area (Å²) in [5, 5.41) is 3.13. The van der Waals surface area contributed by atoms with Crippen LogP contribution in [0.15, 0.2) is 60.7 Å². The van der Waals surface area contributed by atoms with Crippen molar-refractivity contribution in [1.29, 1.82) is 0 Å². The van der Waals surface area contributed by atoms with Crippen molar-refractivity contribution in [3.05, 3.63) is 71.8 Å². The smallest absolute Gasteiger partial charge is 0.251 e. The summed E-state index contributed by atoms with van der Waals surface area (Å²) in [6.07, 6.45) is 0. The Morgan fingerprint density at radius 3 is 2.00 bits per heavy atom. The van der Waals surface area contributed by atoms with E-state index in [0.717, 1.165) is 0 Å². The lowest BCUT2D eigenvalue weighted by molar-refractivity contribution is 0.0902. The van der Waals surface area contributed by atoms with Crippen LogP contribution >= 0.6 is 0 Å². The molecule has 0 bridgehead atoms. The summed E-state index contributed by atoms with van der Waals surface area (Å²) in [4.78, 5) is 12.3. The van der Waals surface area contributed by atoms with Crippen molar-refractivity contribution in [2.45, 2.75) is 32.2 Å². The summed E-state index contributed by atoms with van der Waals surface area (Å²) >= 11 is 0. The largest absolute Gasteiger partial charge is 0.347 e. The molecular formula is C18H21NO. The number of carbonyl (C=O) groups excluding carboxylic acids is 1. The van der Waals surface area contributed by atoms with Gasteiger partial charge in [0, 0.05) is 17.0 Å². The SMILES string of the molecule is C[C@H](c1ccccc1)C(C)(C)NC(=O)c1ccccc1. The van der Waals surface area contributed by atoms with Gasteiger partial charge in [0.15, 0.2) is 0 Å². The molecule has 0 heterocycles. The molecule has 0 radical (unpaired) electrons. The number of nitrogens with one attached hydrogen (secondary N) is 1. The molecule has 0 saturated heterocycles. The van der Waals surface area contributed by atoms with Crippen LogP contribution in [0.2, 0.25) is 0 Å². The van der Waals surface area contributed by atoms with E-state index >= 15 is 0 Å². The molecule has 2 rings (SSSR count). The minimum atomic E-state index is -0.311. The molecule has 2 aromatic carbocycles. The van der Waals surface area contributed by atoms with E-state index in [1.54, 1.807) is 0 Å². The summed E-state index contributed by atoms with van der Waals surface area (Å²) in [7, 11) is 0. The first-order chi connectivity index (χ1) is 9.50. The molecule has 0 unspecified atom stereocenters. The molecule has 1 atom stereocenters. The van der Waals surface area contributed by atoms with Crippen LogP contribution in [0.25, 0.3) is 0 Å². The summed E-state index contributed by atoms with van der Waals surface area (Å²) < 4.78 is 0. The van der Waals surface area contributed by atoms with Crippen molar-refractivity contribution in [2.75, 3.05) is 0 Å². The van der Waals surface area contributed by atoms with Crippen molar-refractivity contribution in [3.8, 4) is 0 Å². The second-order valence-corrected chi connectivity index (χ2v) is 5.67. The van der Waals surface area contributed by atoms with E-state index in [9.17, 15) is 4.79 Å². The third-order valence-electron chi connectivity index (χ3n) is 3.85. The minimum absolute atomic E-state index is 0.0293. The van der Waals surface area contributed by atoms with E-state index in [2.05, 4.69) is 38.2 Å². The molecule has 0 spiro atoms. The number of benzene rings is 2. The minimum Gasteiger partial charge on any atom is -0.347 e. The van der Waals surface area contributed by atoms with Crippen LogP contribution in [0.1, 0.15) is 42.6 Å². The Hall–Kier alpha value is -2.09. The fourth-order valence-corrected chi connectivity index (χ4v) is 2.22. The van der Waals surface area contributed by atoms with E-state index in [0.29, 0.717) is 5.56 Å². The van der Waals surface area contributed by atoms with Crippen LogP contribution < -0.4 is 5.32 Å². The van der Waals surface area contributed by atoms with Gasteiger partial charge in [0.25, 0.3) is 5.91 Å². The Bertz CT molecular complexity index is 560. The molecule has 2 aromatic rings. The molecule has 20 heavy (non-hydrogen) atoms. The molecule has 2 nitrogen and oxygen atoms in total. The summed E-state index contributed by atoms with van der Waals surface area (Å²) in [5.74, 6) is 0.203. The van der Waals surface area contributed by atoms with Crippen molar-refractivity contribution in [3.63, 3.8) is 0 Å². The highest BCUT2D eigenvalue weighted by molar-refractivity contribution is 5.94. The molecule has 104 valence electrons. The first-order valence-electron chi connectivity index (χ1n) is 6.93. The third kappa shape index (κ3) is 3.27. The molecule has 0 aromatic heterocycles. The van der Waals surface area contributed by atoms with E-state index in [-0.39, 0.29) is 17.4 Å². The highest BCUT2D eigenvalue weighted by atomic mass is 16.1. The monoisotopic (exact) mass is 267 g/mol. The number of hydrogen-bond acceptors (Lipinski definition) is 1. The molecule has 0 aliphatic heterocycles. The normalized spacial score (nSPS) is 12.8. The molecular weight excluding hydrogens is 246 g/mol. The highest BCUT2D eigenvalue weighted by Crippen LogP contribution is 2.27. The topological polar surface area (TPSA) is 29.1 Å². The standard InChI is InChI=1S/C18H21NO/c1-14(15-10-6-4-7-11-15)18(2,3)19-17(20)16-12-8-5-9-13-16/h4-14H,1-3H3,(H,19,20)/t14-/m1/s1. The van der Waals surface area contributed by atoms with Crippen LogP contribution in [0.3, 0.4) is 0 Å². The number of carbonyl (C=O) groups is 1. The average molecular weight is 267 g/mol. The summed E-state index contributed by atoms with van der Waals surface area (Å²) in [6.45, 7) is 6.26. The van der Waals surface area contributed by atoms with Gasteiger partial charge in [0.05, 0.1) is 0 Å². The number of amides is 1.